The highest BCUT2D eigenvalue weighted by Gasteiger charge is 2.09. The summed E-state index contributed by atoms with van der Waals surface area (Å²) >= 11 is 3.18. The van der Waals surface area contributed by atoms with Gasteiger partial charge in [0.2, 0.25) is 0 Å². The molecule has 1 aromatic carbocycles. The molecule has 2 nitrogen and oxygen atoms in total. The van der Waals surface area contributed by atoms with Gasteiger partial charge in [0.05, 0.1) is 0 Å². The minimum absolute atomic E-state index is 0.332. The van der Waals surface area contributed by atoms with Gasteiger partial charge in [0.25, 0.3) is 0 Å². The average Bonchev–Trinajstić information content (AvgIpc) is 2.06. The van der Waals surface area contributed by atoms with Crippen LogP contribution in [0.15, 0.2) is 16.6 Å². The van der Waals surface area contributed by atoms with Crippen LogP contribution in [0, 0.1) is 5.82 Å². The number of phenolic OH excluding ortho intramolecular Hbond substituents is 1. The summed E-state index contributed by atoms with van der Waals surface area (Å²) in [5, 5.41) is 9.01. The van der Waals surface area contributed by atoms with E-state index in [2.05, 4.69) is 15.9 Å². The first-order valence-corrected chi connectivity index (χ1v) is 4.32. The van der Waals surface area contributed by atoms with E-state index in [0.717, 1.165) is 0 Å². The van der Waals surface area contributed by atoms with Crippen molar-refractivity contribution >= 4 is 15.9 Å². The van der Waals surface area contributed by atoms with Crippen LogP contribution in [0.5, 0.6) is 5.75 Å². The molecule has 0 saturated carbocycles. The molecule has 1 aromatic rings. The lowest BCUT2D eigenvalue weighted by Crippen LogP contribution is -2.05. The number of rotatable bonds is 2. The molecule has 0 atom stereocenters. The van der Waals surface area contributed by atoms with Crippen LogP contribution >= 0.6 is 15.9 Å². The van der Waals surface area contributed by atoms with Gasteiger partial charge in [-0.05, 0) is 25.1 Å². The van der Waals surface area contributed by atoms with E-state index in [1.54, 1.807) is 6.07 Å². The Labute approximate surface area is 78.3 Å². The van der Waals surface area contributed by atoms with E-state index in [0.29, 0.717) is 23.0 Å². The van der Waals surface area contributed by atoms with E-state index in [1.165, 1.54) is 6.07 Å². The Balaban J connectivity index is 3.14. The first-order valence-electron chi connectivity index (χ1n) is 3.52. The van der Waals surface area contributed by atoms with Crippen LogP contribution in [-0.2, 0) is 6.42 Å². The Kier molecular flexibility index (Phi) is 3.05. The molecule has 0 aliphatic carbocycles. The van der Waals surface area contributed by atoms with Crippen LogP contribution in [-0.4, -0.2) is 11.7 Å². The van der Waals surface area contributed by atoms with E-state index in [4.69, 9.17) is 10.8 Å². The molecule has 0 bridgehead atoms. The van der Waals surface area contributed by atoms with Crippen molar-refractivity contribution in [2.75, 3.05) is 6.54 Å². The molecular weight excluding hydrogens is 225 g/mol. The highest BCUT2D eigenvalue weighted by Crippen LogP contribution is 2.26. The normalized spacial score (nSPS) is 10.2. The molecule has 66 valence electrons. The summed E-state index contributed by atoms with van der Waals surface area (Å²) in [6, 6.07) is 2.91. The van der Waals surface area contributed by atoms with Crippen LogP contribution in [0.1, 0.15) is 5.56 Å². The van der Waals surface area contributed by atoms with E-state index in [1.807, 2.05) is 0 Å². The van der Waals surface area contributed by atoms with Gasteiger partial charge in [0.15, 0.2) is 11.6 Å². The fourth-order valence-electron chi connectivity index (χ4n) is 0.959. The standard InChI is InChI=1S/C8H9BrFNO/c9-6-1-2-7(12)8(10)5(6)3-4-11/h1-2,12H,3-4,11H2. The Morgan fingerprint density at radius 2 is 2.17 bits per heavy atom. The van der Waals surface area contributed by atoms with E-state index >= 15 is 0 Å². The fraction of sp³-hybridized carbons (Fsp3) is 0.250. The number of hydrogen-bond acceptors (Lipinski definition) is 2. The SMILES string of the molecule is NCCc1c(Br)ccc(O)c1F. The van der Waals surface area contributed by atoms with Crippen molar-refractivity contribution in [3.63, 3.8) is 0 Å². The maximum atomic E-state index is 13.1. The van der Waals surface area contributed by atoms with Crippen molar-refractivity contribution in [3.8, 4) is 5.75 Å². The molecule has 0 saturated heterocycles. The molecule has 0 spiro atoms. The maximum absolute atomic E-state index is 13.1. The minimum Gasteiger partial charge on any atom is -0.505 e. The molecular formula is C8H9BrFNO. The number of halogens is 2. The first-order chi connectivity index (χ1) is 5.66. The predicted octanol–water partition coefficient (Wildman–Crippen LogP) is 1.79. The highest BCUT2D eigenvalue weighted by molar-refractivity contribution is 9.10. The number of aromatic hydroxyl groups is 1. The second-order valence-corrected chi connectivity index (χ2v) is 3.25. The second kappa shape index (κ2) is 3.87. The van der Waals surface area contributed by atoms with Gasteiger partial charge in [0.1, 0.15) is 0 Å². The molecule has 0 aliphatic rings. The van der Waals surface area contributed by atoms with Gasteiger partial charge >= 0.3 is 0 Å². The lowest BCUT2D eigenvalue weighted by Gasteiger charge is -2.05. The summed E-state index contributed by atoms with van der Waals surface area (Å²) in [7, 11) is 0. The summed E-state index contributed by atoms with van der Waals surface area (Å²) in [6.07, 6.45) is 0.417. The number of nitrogens with two attached hydrogens (primary N) is 1. The summed E-state index contributed by atoms with van der Waals surface area (Å²) in [6.45, 7) is 0.360. The topological polar surface area (TPSA) is 46.2 Å². The molecule has 3 N–H and O–H groups in total. The monoisotopic (exact) mass is 233 g/mol. The van der Waals surface area contributed by atoms with Crippen molar-refractivity contribution in [3.05, 3.63) is 28.0 Å². The number of phenols is 1. The van der Waals surface area contributed by atoms with Gasteiger partial charge in [-0.25, -0.2) is 4.39 Å². The van der Waals surface area contributed by atoms with Gasteiger partial charge < -0.3 is 10.8 Å². The zero-order valence-electron chi connectivity index (χ0n) is 6.35. The predicted molar refractivity (Wildman–Crippen MR) is 48.5 cm³/mol. The van der Waals surface area contributed by atoms with Gasteiger partial charge in [-0.2, -0.15) is 0 Å². The quantitative estimate of drug-likeness (QED) is 0.819. The van der Waals surface area contributed by atoms with Gasteiger partial charge in [-0.3, -0.25) is 0 Å². The van der Waals surface area contributed by atoms with Crippen molar-refractivity contribution in [1.29, 1.82) is 0 Å². The van der Waals surface area contributed by atoms with Gasteiger partial charge in [-0.15, -0.1) is 0 Å². The average molecular weight is 234 g/mol. The first kappa shape index (κ1) is 9.48. The third-order valence-electron chi connectivity index (χ3n) is 1.56. The van der Waals surface area contributed by atoms with Crippen LogP contribution in [0.2, 0.25) is 0 Å². The zero-order chi connectivity index (χ0) is 9.14. The highest BCUT2D eigenvalue weighted by atomic mass is 79.9. The van der Waals surface area contributed by atoms with Gasteiger partial charge in [-0.1, -0.05) is 15.9 Å². The van der Waals surface area contributed by atoms with Crippen LogP contribution in [0.25, 0.3) is 0 Å². The number of benzene rings is 1. The van der Waals surface area contributed by atoms with E-state index < -0.39 is 5.82 Å². The second-order valence-electron chi connectivity index (χ2n) is 2.40. The Morgan fingerprint density at radius 3 is 2.75 bits per heavy atom. The van der Waals surface area contributed by atoms with Crippen molar-refractivity contribution in [1.82, 2.24) is 0 Å². The minimum atomic E-state index is -0.588. The summed E-state index contributed by atoms with van der Waals surface area (Å²) in [5.41, 5.74) is 5.71. The van der Waals surface area contributed by atoms with Crippen LogP contribution in [0.4, 0.5) is 4.39 Å². The van der Waals surface area contributed by atoms with E-state index in [9.17, 15) is 4.39 Å². The van der Waals surface area contributed by atoms with Gasteiger partial charge in [0, 0.05) is 10.0 Å². The molecule has 0 aliphatic heterocycles. The maximum Gasteiger partial charge on any atom is 0.169 e. The molecule has 0 unspecified atom stereocenters. The Hall–Kier alpha value is -0.610. The molecule has 12 heavy (non-hydrogen) atoms. The summed E-state index contributed by atoms with van der Waals surface area (Å²) in [5.74, 6) is -0.920. The van der Waals surface area contributed by atoms with Crippen molar-refractivity contribution < 1.29 is 9.50 Å². The third-order valence-corrected chi connectivity index (χ3v) is 2.30. The fourth-order valence-corrected chi connectivity index (χ4v) is 1.46. The third kappa shape index (κ3) is 1.76. The molecule has 0 radical (unpaired) electrons. The van der Waals surface area contributed by atoms with Crippen molar-refractivity contribution in [2.45, 2.75) is 6.42 Å². The molecule has 0 fully saturated rings. The Bertz CT molecular complexity index is 291. The van der Waals surface area contributed by atoms with E-state index in [-0.39, 0.29) is 5.75 Å². The summed E-state index contributed by atoms with van der Waals surface area (Å²) in [4.78, 5) is 0. The van der Waals surface area contributed by atoms with Crippen molar-refractivity contribution in [2.24, 2.45) is 5.73 Å². The molecule has 1 rings (SSSR count). The molecule has 0 amide bonds. The largest absolute Gasteiger partial charge is 0.505 e. The lowest BCUT2D eigenvalue weighted by atomic mass is 10.1. The molecule has 0 heterocycles. The number of hydrogen-bond donors (Lipinski definition) is 2. The van der Waals surface area contributed by atoms with Crippen LogP contribution < -0.4 is 5.73 Å². The van der Waals surface area contributed by atoms with Crippen LogP contribution in [0.3, 0.4) is 0 Å². The Morgan fingerprint density at radius 1 is 1.50 bits per heavy atom. The smallest absolute Gasteiger partial charge is 0.169 e. The zero-order valence-corrected chi connectivity index (χ0v) is 7.94. The molecule has 4 heteroatoms. The lowest BCUT2D eigenvalue weighted by molar-refractivity contribution is 0.428. The summed E-state index contributed by atoms with van der Waals surface area (Å²) < 4.78 is 13.8. The molecule has 0 aromatic heterocycles.